The highest BCUT2D eigenvalue weighted by Crippen LogP contribution is 2.37. The molecule has 7 nitrogen and oxygen atoms in total. The number of aromatic nitrogens is 1. The zero-order chi connectivity index (χ0) is 14.5. The van der Waals surface area contributed by atoms with Gasteiger partial charge in [0.15, 0.2) is 11.7 Å². The molecular weight excluding hydrogens is 262 g/mol. The Hall–Kier alpha value is -2.41. The molecule has 0 saturated carbocycles. The van der Waals surface area contributed by atoms with Gasteiger partial charge in [0.25, 0.3) is 0 Å². The van der Waals surface area contributed by atoms with Gasteiger partial charge in [-0.05, 0) is 13.1 Å². The maximum absolute atomic E-state index is 11.0. The van der Waals surface area contributed by atoms with Crippen molar-refractivity contribution in [1.29, 1.82) is 0 Å². The second kappa shape index (κ2) is 6.16. The molecule has 0 aliphatic heterocycles. The average Bonchev–Trinajstić information content (AvgIpc) is 2.92. The van der Waals surface area contributed by atoms with E-state index in [0.717, 1.165) is 6.54 Å². The van der Waals surface area contributed by atoms with Crippen LogP contribution in [0.15, 0.2) is 28.8 Å². The summed E-state index contributed by atoms with van der Waals surface area (Å²) >= 11 is 0. The number of methoxy groups -OCH3 is 1. The highest BCUT2D eigenvalue weighted by Gasteiger charge is 2.21. The van der Waals surface area contributed by atoms with Crippen molar-refractivity contribution in [3.63, 3.8) is 0 Å². The largest absolute Gasteiger partial charge is 0.490 e. The van der Waals surface area contributed by atoms with Crippen LogP contribution in [0.3, 0.4) is 0 Å². The zero-order valence-electron chi connectivity index (χ0n) is 11.3. The van der Waals surface area contributed by atoms with Gasteiger partial charge in [-0.2, -0.15) is 0 Å². The van der Waals surface area contributed by atoms with Crippen LogP contribution in [0.1, 0.15) is 5.89 Å². The van der Waals surface area contributed by atoms with E-state index in [9.17, 15) is 10.1 Å². The molecular formula is C13H15N3O4. The lowest BCUT2D eigenvalue weighted by Gasteiger charge is -2.05. The summed E-state index contributed by atoms with van der Waals surface area (Å²) in [5.74, 6) is 1.20. The van der Waals surface area contributed by atoms with E-state index in [0.29, 0.717) is 23.6 Å². The molecule has 2 rings (SSSR count). The lowest BCUT2D eigenvalue weighted by molar-refractivity contribution is -0.385. The predicted octanol–water partition coefficient (Wildman–Crippen LogP) is 2.02. The Bertz CT molecular complexity index is 609. The van der Waals surface area contributed by atoms with Crippen LogP contribution in [-0.2, 0) is 6.42 Å². The van der Waals surface area contributed by atoms with Crippen LogP contribution in [-0.4, -0.2) is 30.6 Å². The summed E-state index contributed by atoms with van der Waals surface area (Å²) in [5, 5.41) is 14.0. The standard InChI is InChI=1S/C13H15N3O4/c1-14-7-6-12-15-8-11(20-12)9-4-3-5-10(16(17)18)13(9)19-2/h3-5,8,14H,6-7H2,1-2H3. The van der Waals surface area contributed by atoms with Crippen LogP contribution in [0.25, 0.3) is 11.3 Å². The van der Waals surface area contributed by atoms with Crippen molar-refractivity contribution in [1.82, 2.24) is 10.3 Å². The lowest BCUT2D eigenvalue weighted by atomic mass is 10.1. The monoisotopic (exact) mass is 277 g/mol. The normalized spacial score (nSPS) is 10.5. The maximum Gasteiger partial charge on any atom is 0.311 e. The molecule has 7 heteroatoms. The molecule has 0 amide bonds. The number of hydrogen-bond acceptors (Lipinski definition) is 6. The third-order valence-corrected chi connectivity index (χ3v) is 2.80. The van der Waals surface area contributed by atoms with Gasteiger partial charge in [-0.25, -0.2) is 4.98 Å². The van der Waals surface area contributed by atoms with Crippen LogP contribution in [0, 0.1) is 10.1 Å². The molecule has 0 unspecified atom stereocenters. The fraction of sp³-hybridized carbons (Fsp3) is 0.308. The number of ether oxygens (including phenoxy) is 1. The van der Waals surface area contributed by atoms with Crippen LogP contribution >= 0.6 is 0 Å². The van der Waals surface area contributed by atoms with Gasteiger partial charge in [0.2, 0.25) is 5.75 Å². The quantitative estimate of drug-likeness (QED) is 0.641. The Morgan fingerprint density at radius 3 is 2.95 bits per heavy atom. The van der Waals surface area contributed by atoms with Gasteiger partial charge < -0.3 is 14.5 Å². The van der Waals surface area contributed by atoms with Gasteiger partial charge in [0.05, 0.1) is 23.8 Å². The molecule has 2 aromatic rings. The van der Waals surface area contributed by atoms with Crippen molar-refractivity contribution in [2.24, 2.45) is 0 Å². The van der Waals surface area contributed by atoms with Gasteiger partial charge in [-0.15, -0.1) is 0 Å². The molecule has 1 N–H and O–H groups in total. The van der Waals surface area contributed by atoms with Gasteiger partial charge in [0.1, 0.15) is 0 Å². The molecule has 0 fully saturated rings. The summed E-state index contributed by atoms with van der Waals surface area (Å²) < 4.78 is 10.7. The van der Waals surface area contributed by atoms with Crippen molar-refractivity contribution < 1.29 is 14.1 Å². The Labute approximate surface area is 115 Å². The van der Waals surface area contributed by atoms with E-state index in [1.165, 1.54) is 13.2 Å². The molecule has 20 heavy (non-hydrogen) atoms. The first kappa shape index (κ1) is 14.0. The molecule has 0 saturated heterocycles. The van der Waals surface area contributed by atoms with Crippen molar-refractivity contribution in [3.8, 4) is 17.1 Å². The highest BCUT2D eigenvalue weighted by molar-refractivity contribution is 5.71. The summed E-state index contributed by atoms with van der Waals surface area (Å²) in [6, 6.07) is 4.68. The summed E-state index contributed by atoms with van der Waals surface area (Å²) in [7, 11) is 3.23. The van der Waals surface area contributed by atoms with Crippen LogP contribution < -0.4 is 10.1 Å². The summed E-state index contributed by atoms with van der Waals surface area (Å²) in [6.07, 6.45) is 2.19. The number of benzene rings is 1. The van der Waals surface area contributed by atoms with E-state index in [-0.39, 0.29) is 11.4 Å². The fourth-order valence-electron chi connectivity index (χ4n) is 1.86. The SMILES string of the molecule is CNCCc1ncc(-c2cccc([N+](=O)[O-])c2OC)o1. The molecule has 0 aliphatic carbocycles. The third kappa shape index (κ3) is 2.77. The van der Waals surface area contributed by atoms with Gasteiger partial charge >= 0.3 is 5.69 Å². The smallest absolute Gasteiger partial charge is 0.311 e. The average molecular weight is 277 g/mol. The molecule has 0 aliphatic rings. The van der Waals surface area contributed by atoms with E-state index in [2.05, 4.69) is 10.3 Å². The number of hydrogen-bond donors (Lipinski definition) is 1. The van der Waals surface area contributed by atoms with E-state index in [4.69, 9.17) is 9.15 Å². The molecule has 0 bridgehead atoms. The van der Waals surface area contributed by atoms with E-state index >= 15 is 0 Å². The minimum atomic E-state index is -0.485. The van der Waals surface area contributed by atoms with E-state index in [1.807, 2.05) is 7.05 Å². The fourth-order valence-corrected chi connectivity index (χ4v) is 1.86. The van der Waals surface area contributed by atoms with Crippen LogP contribution in [0.2, 0.25) is 0 Å². The molecule has 1 aromatic heterocycles. The van der Waals surface area contributed by atoms with Gasteiger partial charge in [-0.3, -0.25) is 10.1 Å². The van der Waals surface area contributed by atoms with Crippen molar-refractivity contribution in [3.05, 3.63) is 40.4 Å². The molecule has 0 atom stereocenters. The molecule has 1 heterocycles. The van der Waals surface area contributed by atoms with Crippen molar-refractivity contribution in [2.45, 2.75) is 6.42 Å². The Morgan fingerprint density at radius 1 is 1.50 bits per heavy atom. The third-order valence-electron chi connectivity index (χ3n) is 2.80. The van der Waals surface area contributed by atoms with Crippen molar-refractivity contribution >= 4 is 5.69 Å². The van der Waals surface area contributed by atoms with Crippen molar-refractivity contribution in [2.75, 3.05) is 20.7 Å². The van der Waals surface area contributed by atoms with Crippen LogP contribution in [0.4, 0.5) is 5.69 Å². The highest BCUT2D eigenvalue weighted by atomic mass is 16.6. The number of oxazole rings is 1. The van der Waals surface area contributed by atoms with Crippen LogP contribution in [0.5, 0.6) is 5.75 Å². The number of likely N-dealkylation sites (N-methyl/N-ethyl adjacent to an activating group) is 1. The minimum absolute atomic E-state index is 0.0989. The number of para-hydroxylation sites is 1. The second-order valence-electron chi connectivity index (χ2n) is 4.09. The summed E-state index contributed by atoms with van der Waals surface area (Å²) in [5.41, 5.74) is 0.420. The first-order chi connectivity index (χ1) is 9.67. The zero-order valence-corrected chi connectivity index (χ0v) is 11.3. The molecule has 106 valence electrons. The Balaban J connectivity index is 2.39. The first-order valence-electron chi connectivity index (χ1n) is 6.08. The predicted molar refractivity (Wildman–Crippen MR) is 72.8 cm³/mol. The van der Waals surface area contributed by atoms with E-state index < -0.39 is 4.92 Å². The number of nitro groups is 1. The molecule has 0 radical (unpaired) electrons. The van der Waals surface area contributed by atoms with Gasteiger partial charge in [0, 0.05) is 19.0 Å². The summed E-state index contributed by atoms with van der Waals surface area (Å²) in [6.45, 7) is 0.742. The first-order valence-corrected chi connectivity index (χ1v) is 6.08. The Kier molecular flexibility index (Phi) is 4.31. The number of rotatable bonds is 6. The number of nitrogens with one attached hydrogen (secondary N) is 1. The summed E-state index contributed by atoms with van der Waals surface area (Å²) in [4.78, 5) is 14.6. The Morgan fingerprint density at radius 2 is 2.30 bits per heavy atom. The maximum atomic E-state index is 11.0. The van der Waals surface area contributed by atoms with E-state index in [1.54, 1.807) is 18.3 Å². The topological polar surface area (TPSA) is 90.4 Å². The number of nitro benzene ring substituents is 1. The second-order valence-corrected chi connectivity index (χ2v) is 4.09. The van der Waals surface area contributed by atoms with Gasteiger partial charge in [-0.1, -0.05) is 6.07 Å². The minimum Gasteiger partial charge on any atom is -0.490 e. The molecule has 1 aromatic carbocycles. The lowest BCUT2D eigenvalue weighted by Crippen LogP contribution is -2.10. The molecule has 0 spiro atoms. The number of nitrogens with zero attached hydrogens (tertiary/aromatic N) is 2.